The molecule has 2 unspecified atom stereocenters. The standard InChI is InChI=1S/C14H24N2O3S/c1-6-7-15-14(5,12(17)18)8-9(2)20-13-16-10(3)11(4)19-13/h9,15H,6-8H2,1-5H3,(H,17,18). The van der Waals surface area contributed by atoms with Crippen LogP contribution in [0.25, 0.3) is 0 Å². The third-order valence-corrected chi connectivity index (χ3v) is 4.19. The first-order valence-corrected chi connectivity index (χ1v) is 7.75. The van der Waals surface area contributed by atoms with Crippen molar-refractivity contribution in [2.45, 2.75) is 63.5 Å². The molecule has 5 nitrogen and oxygen atoms in total. The van der Waals surface area contributed by atoms with Crippen molar-refractivity contribution in [1.29, 1.82) is 0 Å². The Morgan fingerprint density at radius 3 is 2.65 bits per heavy atom. The summed E-state index contributed by atoms with van der Waals surface area (Å²) in [5.41, 5.74) is -0.0381. The maximum absolute atomic E-state index is 11.5. The number of nitrogens with one attached hydrogen (secondary N) is 1. The zero-order valence-corrected chi connectivity index (χ0v) is 13.6. The van der Waals surface area contributed by atoms with Crippen LogP contribution in [0.4, 0.5) is 0 Å². The van der Waals surface area contributed by atoms with Crippen molar-refractivity contribution >= 4 is 17.7 Å². The summed E-state index contributed by atoms with van der Waals surface area (Å²) in [5, 5.41) is 13.2. The summed E-state index contributed by atoms with van der Waals surface area (Å²) in [4.78, 5) is 15.8. The van der Waals surface area contributed by atoms with Crippen molar-refractivity contribution < 1.29 is 14.3 Å². The monoisotopic (exact) mass is 300 g/mol. The minimum absolute atomic E-state index is 0.0953. The number of nitrogens with zero attached hydrogens (tertiary/aromatic N) is 1. The molecule has 0 saturated carbocycles. The zero-order chi connectivity index (χ0) is 15.3. The summed E-state index contributed by atoms with van der Waals surface area (Å²) >= 11 is 1.48. The Morgan fingerprint density at radius 1 is 1.55 bits per heavy atom. The molecule has 0 bridgehead atoms. The number of carbonyl (C=O) groups is 1. The summed E-state index contributed by atoms with van der Waals surface area (Å²) in [6, 6.07) is 0. The van der Waals surface area contributed by atoms with Gasteiger partial charge in [-0.15, -0.1) is 0 Å². The van der Waals surface area contributed by atoms with Crippen LogP contribution in [0, 0.1) is 13.8 Å². The third kappa shape index (κ3) is 4.52. The largest absolute Gasteiger partial charge is 0.480 e. The van der Waals surface area contributed by atoms with E-state index in [9.17, 15) is 9.90 Å². The lowest BCUT2D eigenvalue weighted by Gasteiger charge is -2.28. The van der Waals surface area contributed by atoms with Crippen molar-refractivity contribution in [3.05, 3.63) is 11.5 Å². The summed E-state index contributed by atoms with van der Waals surface area (Å²) in [5.74, 6) is -0.0111. The van der Waals surface area contributed by atoms with Gasteiger partial charge in [-0.2, -0.15) is 0 Å². The van der Waals surface area contributed by atoms with Crippen LogP contribution in [0.5, 0.6) is 0 Å². The Hall–Kier alpha value is -1.01. The molecule has 20 heavy (non-hydrogen) atoms. The molecule has 0 spiro atoms. The summed E-state index contributed by atoms with van der Waals surface area (Å²) < 4.78 is 5.53. The molecule has 1 rings (SSSR count). The van der Waals surface area contributed by atoms with Crippen LogP contribution in [0.2, 0.25) is 0 Å². The Bertz CT molecular complexity index is 442. The van der Waals surface area contributed by atoms with Crippen LogP contribution in [0.3, 0.4) is 0 Å². The molecule has 1 aromatic rings. The van der Waals surface area contributed by atoms with Gasteiger partial charge in [-0.1, -0.05) is 25.6 Å². The van der Waals surface area contributed by atoms with Gasteiger partial charge in [-0.3, -0.25) is 4.79 Å². The molecular weight excluding hydrogens is 276 g/mol. The highest BCUT2D eigenvalue weighted by Gasteiger charge is 2.34. The first-order chi connectivity index (χ1) is 9.28. The second-order valence-corrected chi connectivity index (χ2v) is 6.71. The van der Waals surface area contributed by atoms with Crippen LogP contribution >= 0.6 is 11.8 Å². The topological polar surface area (TPSA) is 75.4 Å². The molecule has 0 aliphatic rings. The van der Waals surface area contributed by atoms with Gasteiger partial charge in [0.1, 0.15) is 11.3 Å². The van der Waals surface area contributed by atoms with E-state index in [1.807, 2.05) is 27.7 Å². The van der Waals surface area contributed by atoms with Gasteiger partial charge in [0, 0.05) is 5.25 Å². The first kappa shape index (κ1) is 17.0. The second kappa shape index (κ2) is 7.13. The lowest BCUT2D eigenvalue weighted by atomic mass is 9.96. The van der Waals surface area contributed by atoms with Gasteiger partial charge in [0.15, 0.2) is 0 Å². The predicted molar refractivity (Wildman–Crippen MR) is 80.2 cm³/mol. The normalized spacial score (nSPS) is 15.8. The van der Waals surface area contributed by atoms with E-state index in [1.54, 1.807) is 6.92 Å². The molecule has 6 heteroatoms. The number of hydrogen-bond acceptors (Lipinski definition) is 5. The van der Waals surface area contributed by atoms with Gasteiger partial charge in [0.25, 0.3) is 5.22 Å². The van der Waals surface area contributed by atoms with Gasteiger partial charge in [0.2, 0.25) is 0 Å². The van der Waals surface area contributed by atoms with Gasteiger partial charge >= 0.3 is 5.97 Å². The Morgan fingerprint density at radius 2 is 2.20 bits per heavy atom. The fourth-order valence-corrected chi connectivity index (χ4v) is 3.04. The lowest BCUT2D eigenvalue weighted by molar-refractivity contribution is -0.144. The van der Waals surface area contributed by atoms with E-state index >= 15 is 0 Å². The number of aryl methyl sites for hydroxylation is 2. The predicted octanol–water partition coefficient (Wildman–Crippen LogP) is 3.01. The average molecular weight is 300 g/mol. The number of carboxylic acids is 1. The minimum atomic E-state index is -0.918. The van der Waals surface area contributed by atoms with E-state index in [4.69, 9.17) is 4.42 Å². The van der Waals surface area contributed by atoms with E-state index in [1.165, 1.54) is 11.8 Å². The molecule has 2 N–H and O–H groups in total. The molecule has 0 radical (unpaired) electrons. The smallest absolute Gasteiger partial charge is 0.323 e. The number of aliphatic carboxylic acids is 1. The average Bonchev–Trinajstić information content (AvgIpc) is 2.65. The van der Waals surface area contributed by atoms with Crippen LogP contribution < -0.4 is 5.32 Å². The van der Waals surface area contributed by atoms with Gasteiger partial charge in [0.05, 0.1) is 5.69 Å². The number of aromatic nitrogens is 1. The first-order valence-electron chi connectivity index (χ1n) is 6.87. The molecule has 0 aromatic carbocycles. The van der Waals surface area contributed by atoms with Crippen molar-refractivity contribution in [2.24, 2.45) is 0 Å². The van der Waals surface area contributed by atoms with E-state index in [0.29, 0.717) is 18.2 Å². The van der Waals surface area contributed by atoms with E-state index in [-0.39, 0.29) is 5.25 Å². The highest BCUT2D eigenvalue weighted by molar-refractivity contribution is 7.99. The summed E-state index contributed by atoms with van der Waals surface area (Å²) in [7, 11) is 0. The van der Waals surface area contributed by atoms with Gasteiger partial charge < -0.3 is 14.8 Å². The maximum Gasteiger partial charge on any atom is 0.323 e. The molecule has 0 aliphatic heterocycles. The van der Waals surface area contributed by atoms with Crippen LogP contribution in [-0.2, 0) is 4.79 Å². The number of oxazole rings is 1. The van der Waals surface area contributed by atoms with E-state index in [2.05, 4.69) is 10.3 Å². The molecular formula is C14H24N2O3S. The van der Waals surface area contributed by atoms with Crippen LogP contribution in [0.15, 0.2) is 9.64 Å². The second-order valence-electron chi connectivity index (χ2n) is 5.32. The number of rotatable bonds is 8. The Balaban J connectivity index is 2.66. The fourth-order valence-electron chi connectivity index (χ4n) is 1.92. The molecule has 0 fully saturated rings. The van der Waals surface area contributed by atoms with E-state index in [0.717, 1.165) is 17.9 Å². The van der Waals surface area contributed by atoms with Crippen molar-refractivity contribution in [3.8, 4) is 0 Å². The van der Waals surface area contributed by atoms with Crippen LogP contribution in [0.1, 0.15) is 45.1 Å². The Labute approximate surface area is 124 Å². The highest BCUT2D eigenvalue weighted by Crippen LogP contribution is 2.29. The quantitative estimate of drug-likeness (QED) is 0.719. The minimum Gasteiger partial charge on any atom is -0.480 e. The van der Waals surface area contributed by atoms with Crippen molar-refractivity contribution in [2.75, 3.05) is 6.54 Å². The summed E-state index contributed by atoms with van der Waals surface area (Å²) in [6.07, 6.45) is 1.41. The fraction of sp³-hybridized carbons (Fsp3) is 0.714. The molecule has 0 amide bonds. The van der Waals surface area contributed by atoms with Gasteiger partial charge in [-0.25, -0.2) is 4.98 Å². The lowest BCUT2D eigenvalue weighted by Crippen LogP contribution is -2.51. The number of hydrogen-bond donors (Lipinski definition) is 2. The highest BCUT2D eigenvalue weighted by atomic mass is 32.2. The maximum atomic E-state index is 11.5. The van der Waals surface area contributed by atoms with Crippen molar-refractivity contribution in [1.82, 2.24) is 10.3 Å². The van der Waals surface area contributed by atoms with E-state index < -0.39 is 11.5 Å². The summed E-state index contributed by atoms with van der Waals surface area (Å²) in [6.45, 7) is 10.2. The molecule has 1 heterocycles. The molecule has 114 valence electrons. The molecule has 0 aliphatic carbocycles. The SMILES string of the molecule is CCCNC(C)(CC(C)Sc1nc(C)c(C)o1)C(=O)O. The zero-order valence-electron chi connectivity index (χ0n) is 12.8. The molecule has 1 aromatic heterocycles. The molecule has 2 atom stereocenters. The number of thioether (sulfide) groups is 1. The Kier molecular flexibility index (Phi) is 6.07. The third-order valence-electron chi connectivity index (χ3n) is 3.24. The molecule has 0 saturated heterocycles. The van der Waals surface area contributed by atoms with Crippen molar-refractivity contribution in [3.63, 3.8) is 0 Å². The number of carboxylic acid groups (broad SMARTS) is 1. The van der Waals surface area contributed by atoms with Crippen LogP contribution in [-0.4, -0.2) is 33.4 Å². The van der Waals surface area contributed by atoms with Gasteiger partial charge in [-0.05, 0) is 40.2 Å².